The number of nitrogens with zero attached hydrogens (tertiary/aromatic N) is 3. The molecule has 2 heterocycles. The van der Waals surface area contributed by atoms with Crippen LogP contribution in [-0.2, 0) is 12.8 Å². The zero-order valence-corrected chi connectivity index (χ0v) is 13.9. The predicted octanol–water partition coefficient (Wildman–Crippen LogP) is 3.17. The monoisotopic (exact) mass is 332 g/mol. The average Bonchev–Trinajstić information content (AvgIpc) is 3.16. The number of rotatable bonds is 5. The summed E-state index contributed by atoms with van der Waals surface area (Å²) in [6.45, 7) is 0.412. The molecule has 0 fully saturated rings. The molecule has 4 rings (SSSR count). The molecule has 2 aromatic heterocycles. The highest BCUT2D eigenvalue weighted by molar-refractivity contribution is 5.57. The Bertz CT molecular complexity index is 852. The minimum Gasteiger partial charge on any atom is -0.387 e. The summed E-state index contributed by atoms with van der Waals surface area (Å²) >= 11 is 0. The molecule has 2 N–H and O–H groups in total. The van der Waals surface area contributed by atoms with Gasteiger partial charge < -0.3 is 10.4 Å². The first-order chi connectivity index (χ1) is 12.3. The molecule has 5 heteroatoms. The molecule has 0 amide bonds. The summed E-state index contributed by atoms with van der Waals surface area (Å²) in [5.74, 6) is 1.45. The molecular weight excluding hydrogens is 312 g/mol. The molecule has 0 aliphatic heterocycles. The van der Waals surface area contributed by atoms with Crippen molar-refractivity contribution in [2.45, 2.75) is 25.4 Å². The van der Waals surface area contributed by atoms with Gasteiger partial charge in [-0.25, -0.2) is 9.97 Å². The molecule has 1 aliphatic carbocycles. The lowest BCUT2D eigenvalue weighted by Crippen LogP contribution is -2.15. The maximum Gasteiger partial charge on any atom is 0.180 e. The van der Waals surface area contributed by atoms with Gasteiger partial charge in [-0.1, -0.05) is 36.4 Å². The fourth-order valence-electron chi connectivity index (χ4n) is 3.17. The molecular formula is C20H20N4O. The number of aromatic nitrogens is 3. The van der Waals surface area contributed by atoms with Crippen LogP contribution in [0.1, 0.15) is 29.3 Å². The molecule has 0 unspecified atom stereocenters. The third kappa shape index (κ3) is 3.37. The highest BCUT2D eigenvalue weighted by atomic mass is 16.3. The van der Waals surface area contributed by atoms with Crippen LogP contribution in [0.4, 0.5) is 5.82 Å². The molecule has 1 aliphatic rings. The van der Waals surface area contributed by atoms with E-state index in [1.165, 1.54) is 5.56 Å². The van der Waals surface area contributed by atoms with Crippen LogP contribution in [0.15, 0.2) is 54.7 Å². The van der Waals surface area contributed by atoms with Crippen molar-refractivity contribution in [2.75, 3.05) is 11.9 Å². The van der Waals surface area contributed by atoms with Crippen molar-refractivity contribution >= 4 is 5.82 Å². The second-order valence-electron chi connectivity index (χ2n) is 6.20. The van der Waals surface area contributed by atoms with E-state index in [-0.39, 0.29) is 0 Å². The van der Waals surface area contributed by atoms with Gasteiger partial charge in [-0.15, -0.1) is 0 Å². The number of pyridine rings is 1. The smallest absolute Gasteiger partial charge is 0.180 e. The normalized spacial score (nSPS) is 14.1. The van der Waals surface area contributed by atoms with Gasteiger partial charge in [-0.3, -0.25) is 4.98 Å². The molecule has 25 heavy (non-hydrogen) atoms. The zero-order chi connectivity index (χ0) is 17.1. The quantitative estimate of drug-likeness (QED) is 0.751. The molecule has 0 bridgehead atoms. The number of aliphatic hydroxyl groups excluding tert-OH is 1. The molecule has 0 saturated heterocycles. The third-order valence-corrected chi connectivity index (χ3v) is 4.47. The van der Waals surface area contributed by atoms with E-state index in [1.807, 2.05) is 48.5 Å². The zero-order valence-electron chi connectivity index (χ0n) is 13.9. The molecule has 0 saturated carbocycles. The van der Waals surface area contributed by atoms with Gasteiger partial charge in [0.2, 0.25) is 0 Å². The summed E-state index contributed by atoms with van der Waals surface area (Å²) in [4.78, 5) is 13.7. The summed E-state index contributed by atoms with van der Waals surface area (Å²) < 4.78 is 0. The average molecular weight is 332 g/mol. The van der Waals surface area contributed by atoms with Crippen LogP contribution in [0.25, 0.3) is 11.5 Å². The van der Waals surface area contributed by atoms with Crippen LogP contribution in [0.5, 0.6) is 0 Å². The van der Waals surface area contributed by atoms with E-state index in [9.17, 15) is 5.11 Å². The van der Waals surface area contributed by atoms with E-state index in [4.69, 9.17) is 4.98 Å². The Kier molecular flexibility index (Phi) is 4.39. The standard InChI is InChI=1S/C20H20N4O/c25-18(14-7-2-1-3-8-14)13-22-19-15-9-6-11-16(15)23-20(24-19)17-10-4-5-12-21-17/h1-5,7-8,10,12,18,25H,6,9,11,13H2,(H,22,23,24)/t18-/m0/s1. The van der Waals surface area contributed by atoms with Crippen molar-refractivity contribution in [2.24, 2.45) is 0 Å². The van der Waals surface area contributed by atoms with Crippen molar-refractivity contribution in [3.05, 3.63) is 71.5 Å². The Morgan fingerprint density at radius 3 is 2.64 bits per heavy atom. The Morgan fingerprint density at radius 1 is 1.00 bits per heavy atom. The van der Waals surface area contributed by atoms with E-state index in [2.05, 4.69) is 15.3 Å². The van der Waals surface area contributed by atoms with Gasteiger partial charge >= 0.3 is 0 Å². The second-order valence-corrected chi connectivity index (χ2v) is 6.20. The highest BCUT2D eigenvalue weighted by Crippen LogP contribution is 2.29. The first kappa shape index (κ1) is 15.7. The molecule has 0 radical (unpaired) electrons. The van der Waals surface area contributed by atoms with E-state index in [0.29, 0.717) is 12.4 Å². The summed E-state index contributed by atoms with van der Waals surface area (Å²) in [6, 6.07) is 15.4. The van der Waals surface area contributed by atoms with Crippen LogP contribution in [-0.4, -0.2) is 26.6 Å². The van der Waals surface area contributed by atoms with Gasteiger partial charge in [-0.05, 0) is 37.0 Å². The first-order valence-electron chi connectivity index (χ1n) is 8.59. The first-order valence-corrected chi connectivity index (χ1v) is 8.59. The molecule has 3 aromatic rings. The van der Waals surface area contributed by atoms with Gasteiger partial charge in [-0.2, -0.15) is 0 Å². The number of aryl methyl sites for hydroxylation is 1. The highest BCUT2D eigenvalue weighted by Gasteiger charge is 2.20. The van der Waals surface area contributed by atoms with Crippen molar-refractivity contribution in [1.82, 2.24) is 15.0 Å². The lowest BCUT2D eigenvalue weighted by Gasteiger charge is -2.15. The summed E-state index contributed by atoms with van der Waals surface area (Å²) in [5.41, 5.74) is 3.92. The number of benzene rings is 1. The Balaban J connectivity index is 1.60. The minimum absolute atomic E-state index is 0.412. The molecule has 5 nitrogen and oxygen atoms in total. The molecule has 126 valence electrons. The number of nitrogens with one attached hydrogen (secondary N) is 1. The lowest BCUT2D eigenvalue weighted by atomic mass is 10.1. The molecule has 1 aromatic carbocycles. The summed E-state index contributed by atoms with van der Waals surface area (Å²) in [7, 11) is 0. The van der Waals surface area contributed by atoms with Gasteiger partial charge in [0, 0.05) is 24.0 Å². The SMILES string of the molecule is O[C@@H](CNc1nc(-c2ccccn2)nc2c1CCC2)c1ccccc1. The molecule has 1 atom stereocenters. The number of hydrogen-bond donors (Lipinski definition) is 2. The fourth-order valence-corrected chi connectivity index (χ4v) is 3.17. The van der Waals surface area contributed by atoms with E-state index >= 15 is 0 Å². The van der Waals surface area contributed by atoms with Crippen molar-refractivity contribution in [1.29, 1.82) is 0 Å². The van der Waals surface area contributed by atoms with Crippen LogP contribution in [0.2, 0.25) is 0 Å². The Morgan fingerprint density at radius 2 is 1.84 bits per heavy atom. The summed E-state index contributed by atoms with van der Waals surface area (Å²) in [5, 5.41) is 13.7. The van der Waals surface area contributed by atoms with E-state index in [1.54, 1.807) is 6.20 Å². The van der Waals surface area contributed by atoms with Crippen LogP contribution in [0, 0.1) is 0 Å². The van der Waals surface area contributed by atoms with Gasteiger partial charge in [0.05, 0.1) is 6.10 Å². The number of fused-ring (bicyclic) bond motifs is 1. The topological polar surface area (TPSA) is 70.9 Å². The van der Waals surface area contributed by atoms with Gasteiger partial charge in [0.25, 0.3) is 0 Å². The van der Waals surface area contributed by atoms with Crippen molar-refractivity contribution in [3.8, 4) is 11.5 Å². The number of anilines is 1. The minimum atomic E-state index is -0.577. The fraction of sp³-hybridized carbons (Fsp3) is 0.250. The predicted molar refractivity (Wildman–Crippen MR) is 97.2 cm³/mol. The maximum absolute atomic E-state index is 10.4. The Hall–Kier alpha value is -2.79. The molecule has 0 spiro atoms. The number of hydrogen-bond acceptors (Lipinski definition) is 5. The summed E-state index contributed by atoms with van der Waals surface area (Å²) in [6.07, 6.45) is 4.20. The van der Waals surface area contributed by atoms with E-state index in [0.717, 1.165) is 42.0 Å². The maximum atomic E-state index is 10.4. The third-order valence-electron chi connectivity index (χ3n) is 4.47. The van der Waals surface area contributed by atoms with Crippen LogP contribution in [0.3, 0.4) is 0 Å². The van der Waals surface area contributed by atoms with E-state index < -0.39 is 6.10 Å². The van der Waals surface area contributed by atoms with Gasteiger partial charge in [0.15, 0.2) is 5.82 Å². The second kappa shape index (κ2) is 6.99. The van der Waals surface area contributed by atoms with Gasteiger partial charge in [0.1, 0.15) is 11.5 Å². The lowest BCUT2D eigenvalue weighted by molar-refractivity contribution is 0.191. The van der Waals surface area contributed by atoms with Crippen LogP contribution < -0.4 is 5.32 Å². The van der Waals surface area contributed by atoms with Crippen LogP contribution >= 0.6 is 0 Å². The van der Waals surface area contributed by atoms with Crippen molar-refractivity contribution < 1.29 is 5.11 Å². The Labute approximate surface area is 146 Å². The number of aliphatic hydroxyl groups is 1. The van der Waals surface area contributed by atoms with Crippen molar-refractivity contribution in [3.63, 3.8) is 0 Å². The largest absolute Gasteiger partial charge is 0.387 e.